The molecule has 19 heavy (non-hydrogen) atoms. The molecule has 3 nitrogen and oxygen atoms in total. The summed E-state index contributed by atoms with van der Waals surface area (Å²) in [6, 6.07) is 15.1. The number of benzene rings is 2. The van der Waals surface area contributed by atoms with Crippen LogP contribution in [-0.2, 0) is 24.3 Å². The normalized spacial score (nSPS) is 13.4. The van der Waals surface area contributed by atoms with Crippen LogP contribution in [0, 0.1) is 0 Å². The molecule has 0 saturated heterocycles. The highest BCUT2D eigenvalue weighted by molar-refractivity contribution is 5.80. The molecule has 2 aromatic rings. The zero-order valence-electron chi connectivity index (χ0n) is 10.5. The summed E-state index contributed by atoms with van der Waals surface area (Å²) in [4.78, 5) is 14.1. The number of phenolic OH excluding ortho intramolecular Hbond substituents is 1. The van der Waals surface area contributed by atoms with Gasteiger partial charge in [-0.2, -0.15) is 0 Å². The number of nitrogens with zero attached hydrogens (tertiary/aromatic N) is 1. The molecule has 1 aliphatic rings. The van der Waals surface area contributed by atoms with Crippen LogP contribution in [0.25, 0.3) is 0 Å². The summed E-state index contributed by atoms with van der Waals surface area (Å²) in [6.45, 7) is 1.34. The number of hydrogen-bond acceptors (Lipinski definition) is 2. The van der Waals surface area contributed by atoms with E-state index in [1.54, 1.807) is 18.2 Å². The molecule has 0 saturated carbocycles. The highest BCUT2D eigenvalue weighted by atomic mass is 16.3. The van der Waals surface area contributed by atoms with Gasteiger partial charge in [0.05, 0.1) is 6.42 Å². The molecule has 0 unspecified atom stereocenters. The summed E-state index contributed by atoms with van der Waals surface area (Å²) in [5, 5.41) is 9.71. The maximum Gasteiger partial charge on any atom is 0.227 e. The standard InChI is InChI=1S/C16H15NO2/c18-15-8-4-3-5-12(15)9-16(19)17-10-13-6-1-2-7-14(13)11-17/h1-8,18H,9-11H2. The van der Waals surface area contributed by atoms with Crippen LogP contribution in [0.4, 0.5) is 0 Å². The fourth-order valence-corrected chi connectivity index (χ4v) is 2.44. The number of amides is 1. The largest absolute Gasteiger partial charge is 0.508 e. The quantitative estimate of drug-likeness (QED) is 0.893. The molecule has 0 fully saturated rings. The summed E-state index contributed by atoms with van der Waals surface area (Å²) >= 11 is 0. The Morgan fingerprint density at radius 2 is 1.58 bits per heavy atom. The Balaban J connectivity index is 1.72. The van der Waals surface area contributed by atoms with Crippen molar-refractivity contribution in [1.82, 2.24) is 4.90 Å². The van der Waals surface area contributed by atoms with Crippen molar-refractivity contribution in [3.05, 3.63) is 65.2 Å². The molecule has 96 valence electrons. The van der Waals surface area contributed by atoms with Gasteiger partial charge < -0.3 is 10.0 Å². The number of fused-ring (bicyclic) bond motifs is 1. The third kappa shape index (κ3) is 2.32. The Morgan fingerprint density at radius 1 is 1.00 bits per heavy atom. The van der Waals surface area contributed by atoms with Gasteiger partial charge in [-0.25, -0.2) is 0 Å². The average molecular weight is 253 g/mol. The molecular weight excluding hydrogens is 238 g/mol. The van der Waals surface area contributed by atoms with Gasteiger partial charge >= 0.3 is 0 Å². The van der Waals surface area contributed by atoms with E-state index < -0.39 is 0 Å². The van der Waals surface area contributed by atoms with Crippen LogP contribution in [0.1, 0.15) is 16.7 Å². The van der Waals surface area contributed by atoms with Gasteiger partial charge in [0, 0.05) is 18.7 Å². The van der Waals surface area contributed by atoms with Crippen molar-refractivity contribution in [2.24, 2.45) is 0 Å². The zero-order chi connectivity index (χ0) is 13.2. The molecule has 1 heterocycles. The number of phenols is 1. The van der Waals surface area contributed by atoms with Crippen molar-refractivity contribution in [3.8, 4) is 5.75 Å². The Morgan fingerprint density at radius 3 is 2.21 bits per heavy atom. The SMILES string of the molecule is O=C(Cc1ccccc1O)N1Cc2ccccc2C1. The van der Waals surface area contributed by atoms with Gasteiger partial charge in [0.25, 0.3) is 0 Å². The first-order valence-electron chi connectivity index (χ1n) is 6.35. The smallest absolute Gasteiger partial charge is 0.227 e. The van der Waals surface area contributed by atoms with Crippen LogP contribution < -0.4 is 0 Å². The van der Waals surface area contributed by atoms with E-state index in [1.165, 1.54) is 11.1 Å². The Kier molecular flexibility index (Phi) is 2.95. The van der Waals surface area contributed by atoms with Gasteiger partial charge in [-0.3, -0.25) is 4.79 Å². The third-order valence-electron chi connectivity index (χ3n) is 3.53. The predicted octanol–water partition coefficient (Wildman–Crippen LogP) is 2.48. The Bertz CT molecular complexity index is 597. The summed E-state index contributed by atoms with van der Waals surface area (Å²) < 4.78 is 0. The third-order valence-corrected chi connectivity index (χ3v) is 3.53. The van der Waals surface area contributed by atoms with E-state index in [4.69, 9.17) is 0 Å². The van der Waals surface area contributed by atoms with Gasteiger partial charge in [0.15, 0.2) is 0 Å². The lowest BCUT2D eigenvalue weighted by atomic mass is 10.1. The van der Waals surface area contributed by atoms with E-state index in [9.17, 15) is 9.90 Å². The van der Waals surface area contributed by atoms with E-state index in [-0.39, 0.29) is 18.1 Å². The van der Waals surface area contributed by atoms with Crippen molar-refractivity contribution in [3.63, 3.8) is 0 Å². The van der Waals surface area contributed by atoms with Crippen LogP contribution in [0.3, 0.4) is 0 Å². The minimum Gasteiger partial charge on any atom is -0.508 e. The lowest BCUT2D eigenvalue weighted by Crippen LogP contribution is -2.26. The summed E-state index contributed by atoms with van der Waals surface area (Å²) in [5.41, 5.74) is 3.12. The van der Waals surface area contributed by atoms with Crippen molar-refractivity contribution in [2.45, 2.75) is 19.5 Å². The fraction of sp³-hybridized carbons (Fsp3) is 0.188. The molecule has 0 radical (unpaired) electrons. The van der Waals surface area contributed by atoms with Crippen molar-refractivity contribution < 1.29 is 9.90 Å². The highest BCUT2D eigenvalue weighted by Crippen LogP contribution is 2.24. The molecule has 1 aliphatic heterocycles. The number of hydrogen-bond donors (Lipinski definition) is 1. The molecule has 1 N–H and O–H groups in total. The maximum atomic E-state index is 12.3. The number of carbonyl (C=O) groups excluding carboxylic acids is 1. The van der Waals surface area contributed by atoms with Crippen LogP contribution >= 0.6 is 0 Å². The van der Waals surface area contributed by atoms with E-state index in [0.29, 0.717) is 18.7 Å². The van der Waals surface area contributed by atoms with E-state index in [1.807, 2.05) is 23.1 Å². The molecule has 0 bridgehead atoms. The van der Waals surface area contributed by atoms with E-state index >= 15 is 0 Å². The number of carbonyl (C=O) groups is 1. The monoisotopic (exact) mass is 253 g/mol. The highest BCUT2D eigenvalue weighted by Gasteiger charge is 2.23. The average Bonchev–Trinajstić information content (AvgIpc) is 2.85. The predicted molar refractivity (Wildman–Crippen MR) is 72.5 cm³/mol. The number of para-hydroxylation sites is 1. The molecular formula is C16H15NO2. The first-order valence-corrected chi connectivity index (χ1v) is 6.35. The van der Waals surface area contributed by atoms with Crippen molar-refractivity contribution in [2.75, 3.05) is 0 Å². The lowest BCUT2D eigenvalue weighted by molar-refractivity contribution is -0.131. The van der Waals surface area contributed by atoms with Crippen molar-refractivity contribution in [1.29, 1.82) is 0 Å². The minimum absolute atomic E-state index is 0.0534. The van der Waals surface area contributed by atoms with Gasteiger partial charge in [0.2, 0.25) is 5.91 Å². The molecule has 0 atom stereocenters. The van der Waals surface area contributed by atoms with E-state index in [0.717, 1.165) is 0 Å². The number of aromatic hydroxyl groups is 1. The second-order valence-corrected chi connectivity index (χ2v) is 4.82. The topological polar surface area (TPSA) is 40.5 Å². The zero-order valence-corrected chi connectivity index (χ0v) is 10.5. The Hall–Kier alpha value is -2.29. The fourth-order valence-electron chi connectivity index (χ4n) is 2.44. The molecule has 3 heteroatoms. The molecule has 2 aromatic carbocycles. The van der Waals surface area contributed by atoms with Gasteiger partial charge in [-0.15, -0.1) is 0 Å². The molecule has 0 aromatic heterocycles. The van der Waals surface area contributed by atoms with Crippen LogP contribution in [0.2, 0.25) is 0 Å². The van der Waals surface area contributed by atoms with Crippen molar-refractivity contribution >= 4 is 5.91 Å². The lowest BCUT2D eigenvalue weighted by Gasteiger charge is -2.15. The first-order chi connectivity index (χ1) is 9.24. The second kappa shape index (κ2) is 4.76. The van der Waals surface area contributed by atoms with Crippen LogP contribution in [0.15, 0.2) is 48.5 Å². The Labute approximate surface area is 112 Å². The van der Waals surface area contributed by atoms with Crippen LogP contribution in [0.5, 0.6) is 5.75 Å². The molecule has 1 amide bonds. The van der Waals surface area contributed by atoms with Gasteiger partial charge in [-0.1, -0.05) is 42.5 Å². The maximum absolute atomic E-state index is 12.3. The number of rotatable bonds is 2. The summed E-state index contributed by atoms with van der Waals surface area (Å²) in [7, 11) is 0. The summed E-state index contributed by atoms with van der Waals surface area (Å²) in [6.07, 6.45) is 0.251. The van der Waals surface area contributed by atoms with Gasteiger partial charge in [0.1, 0.15) is 5.75 Å². The summed E-state index contributed by atoms with van der Waals surface area (Å²) in [5.74, 6) is 0.241. The second-order valence-electron chi connectivity index (χ2n) is 4.82. The van der Waals surface area contributed by atoms with Gasteiger partial charge in [-0.05, 0) is 17.2 Å². The van der Waals surface area contributed by atoms with Crippen LogP contribution in [-0.4, -0.2) is 15.9 Å². The van der Waals surface area contributed by atoms with E-state index in [2.05, 4.69) is 12.1 Å². The molecule has 3 rings (SSSR count). The molecule has 0 spiro atoms. The minimum atomic E-state index is 0.0534. The molecule has 0 aliphatic carbocycles. The first kappa shape index (κ1) is 11.8.